The molecule has 0 aliphatic heterocycles. The molecular formula is C15H14Br2N2O2. The molecule has 0 aromatic heterocycles. The van der Waals surface area contributed by atoms with Gasteiger partial charge in [0.05, 0.1) is 24.0 Å². The van der Waals surface area contributed by atoms with Gasteiger partial charge in [0.25, 0.3) is 5.91 Å². The second-order valence-corrected chi connectivity index (χ2v) is 6.22. The van der Waals surface area contributed by atoms with Crippen LogP contribution in [0.4, 0.5) is 11.4 Å². The highest BCUT2D eigenvalue weighted by Gasteiger charge is 2.15. The van der Waals surface area contributed by atoms with E-state index in [2.05, 4.69) is 37.2 Å². The van der Waals surface area contributed by atoms with E-state index in [4.69, 9.17) is 10.5 Å². The minimum Gasteiger partial charge on any atom is -0.497 e. The third-order valence-electron chi connectivity index (χ3n) is 2.92. The number of nitrogen functional groups attached to an aromatic ring is 1. The Morgan fingerprint density at radius 2 is 1.90 bits per heavy atom. The largest absolute Gasteiger partial charge is 0.497 e. The zero-order valence-electron chi connectivity index (χ0n) is 11.5. The molecule has 0 saturated carbocycles. The summed E-state index contributed by atoms with van der Waals surface area (Å²) in [4.78, 5) is 12.4. The van der Waals surface area contributed by atoms with E-state index < -0.39 is 0 Å². The maximum absolute atomic E-state index is 12.4. The van der Waals surface area contributed by atoms with Crippen LogP contribution in [-0.4, -0.2) is 13.0 Å². The van der Waals surface area contributed by atoms with E-state index in [1.807, 2.05) is 13.0 Å². The van der Waals surface area contributed by atoms with Crippen LogP contribution in [0.1, 0.15) is 15.9 Å². The highest BCUT2D eigenvalue weighted by Crippen LogP contribution is 2.31. The molecule has 110 valence electrons. The van der Waals surface area contributed by atoms with Gasteiger partial charge in [-0.15, -0.1) is 0 Å². The third-order valence-corrected chi connectivity index (χ3v) is 4.24. The van der Waals surface area contributed by atoms with Crippen molar-refractivity contribution in [3.8, 4) is 5.75 Å². The Balaban J connectivity index is 2.35. The third kappa shape index (κ3) is 3.57. The standard InChI is InChI=1S/C15H14Br2N2O2/c1-8-5-12(17)14(13(18)6-8)19-15(20)10-7-9(21-2)3-4-11(10)16/h3-7H,18H2,1-2H3,(H,19,20). The van der Waals surface area contributed by atoms with E-state index >= 15 is 0 Å². The first-order valence-corrected chi connectivity index (χ1v) is 7.71. The minimum atomic E-state index is -0.267. The number of carbonyl (C=O) groups is 1. The fourth-order valence-corrected chi connectivity index (χ4v) is 3.00. The van der Waals surface area contributed by atoms with Gasteiger partial charge < -0.3 is 15.8 Å². The second-order valence-electron chi connectivity index (χ2n) is 4.51. The molecule has 0 aliphatic rings. The van der Waals surface area contributed by atoms with E-state index in [0.29, 0.717) is 27.2 Å². The van der Waals surface area contributed by atoms with Gasteiger partial charge in [0.1, 0.15) is 5.75 Å². The summed E-state index contributed by atoms with van der Waals surface area (Å²) in [7, 11) is 1.56. The Kier molecular flexibility index (Phi) is 4.90. The van der Waals surface area contributed by atoms with Crippen LogP contribution in [0.25, 0.3) is 0 Å². The first-order chi connectivity index (χ1) is 9.92. The van der Waals surface area contributed by atoms with Gasteiger partial charge in [-0.1, -0.05) is 0 Å². The number of aryl methyl sites for hydroxylation is 1. The Labute approximate surface area is 139 Å². The van der Waals surface area contributed by atoms with Crippen LogP contribution in [0.3, 0.4) is 0 Å². The summed E-state index contributed by atoms with van der Waals surface area (Å²) in [5, 5.41) is 2.82. The smallest absolute Gasteiger partial charge is 0.257 e. The van der Waals surface area contributed by atoms with Crippen LogP contribution in [0.2, 0.25) is 0 Å². The Morgan fingerprint density at radius 3 is 2.52 bits per heavy atom. The molecule has 2 aromatic carbocycles. The predicted octanol–water partition coefficient (Wildman–Crippen LogP) is 4.36. The molecule has 0 spiro atoms. The van der Waals surface area contributed by atoms with E-state index in [9.17, 15) is 4.79 Å². The van der Waals surface area contributed by atoms with Crippen molar-refractivity contribution in [3.05, 3.63) is 50.4 Å². The normalized spacial score (nSPS) is 10.3. The SMILES string of the molecule is COc1ccc(Br)c(C(=O)Nc2c(N)cc(C)cc2Br)c1. The summed E-state index contributed by atoms with van der Waals surface area (Å²) in [5.74, 6) is 0.344. The molecule has 4 nitrogen and oxygen atoms in total. The van der Waals surface area contributed by atoms with Crippen molar-refractivity contribution in [2.24, 2.45) is 0 Å². The monoisotopic (exact) mass is 412 g/mol. The average molecular weight is 414 g/mol. The summed E-state index contributed by atoms with van der Waals surface area (Å²) >= 11 is 6.78. The fourth-order valence-electron chi connectivity index (χ4n) is 1.89. The minimum absolute atomic E-state index is 0.267. The molecule has 0 atom stereocenters. The molecule has 1 amide bonds. The van der Waals surface area contributed by atoms with Gasteiger partial charge in [0.2, 0.25) is 0 Å². The van der Waals surface area contributed by atoms with Gasteiger partial charge in [0.15, 0.2) is 0 Å². The van der Waals surface area contributed by atoms with Gasteiger partial charge in [-0.25, -0.2) is 0 Å². The number of nitrogens with one attached hydrogen (secondary N) is 1. The lowest BCUT2D eigenvalue weighted by atomic mass is 10.1. The lowest BCUT2D eigenvalue weighted by Crippen LogP contribution is -2.14. The zero-order chi connectivity index (χ0) is 15.6. The first kappa shape index (κ1) is 15.9. The van der Waals surface area contributed by atoms with Crippen LogP contribution in [0, 0.1) is 6.92 Å². The summed E-state index contributed by atoms with van der Waals surface area (Å²) in [6.07, 6.45) is 0. The van der Waals surface area contributed by atoms with Gasteiger partial charge in [-0.2, -0.15) is 0 Å². The molecule has 3 N–H and O–H groups in total. The quantitative estimate of drug-likeness (QED) is 0.734. The molecule has 21 heavy (non-hydrogen) atoms. The highest BCUT2D eigenvalue weighted by molar-refractivity contribution is 9.11. The summed E-state index contributed by atoms with van der Waals surface area (Å²) < 4.78 is 6.56. The van der Waals surface area contributed by atoms with E-state index in [-0.39, 0.29) is 5.91 Å². The number of benzene rings is 2. The van der Waals surface area contributed by atoms with Gasteiger partial charge in [-0.3, -0.25) is 4.79 Å². The Morgan fingerprint density at radius 1 is 1.19 bits per heavy atom. The molecule has 0 saturated heterocycles. The van der Waals surface area contributed by atoms with Crippen LogP contribution in [0.5, 0.6) is 5.75 Å². The lowest BCUT2D eigenvalue weighted by Gasteiger charge is -2.13. The maximum Gasteiger partial charge on any atom is 0.257 e. The molecule has 2 rings (SSSR count). The van der Waals surface area contributed by atoms with Crippen LogP contribution >= 0.6 is 31.9 Å². The molecule has 0 aliphatic carbocycles. The number of anilines is 2. The Hall–Kier alpha value is -1.53. The van der Waals surface area contributed by atoms with Crippen molar-refractivity contribution >= 4 is 49.1 Å². The summed E-state index contributed by atoms with van der Waals surface area (Å²) in [6.45, 7) is 1.94. The number of hydrogen-bond acceptors (Lipinski definition) is 3. The molecule has 0 bridgehead atoms. The van der Waals surface area contributed by atoms with Crippen molar-refractivity contribution in [3.63, 3.8) is 0 Å². The topological polar surface area (TPSA) is 64.3 Å². The van der Waals surface area contributed by atoms with Gasteiger partial charge >= 0.3 is 0 Å². The number of halogens is 2. The van der Waals surface area contributed by atoms with Crippen molar-refractivity contribution in [2.75, 3.05) is 18.2 Å². The lowest BCUT2D eigenvalue weighted by molar-refractivity contribution is 0.102. The number of hydrogen-bond donors (Lipinski definition) is 2. The van der Waals surface area contributed by atoms with E-state index in [0.717, 1.165) is 10.0 Å². The van der Waals surface area contributed by atoms with E-state index in [1.54, 1.807) is 31.4 Å². The van der Waals surface area contributed by atoms with Crippen LogP contribution < -0.4 is 15.8 Å². The molecule has 0 fully saturated rings. The number of rotatable bonds is 3. The predicted molar refractivity (Wildman–Crippen MR) is 91.9 cm³/mol. The van der Waals surface area contributed by atoms with Gasteiger partial charge in [-0.05, 0) is 74.7 Å². The molecule has 0 heterocycles. The number of nitrogens with two attached hydrogens (primary N) is 1. The van der Waals surface area contributed by atoms with Crippen molar-refractivity contribution < 1.29 is 9.53 Å². The van der Waals surface area contributed by atoms with E-state index in [1.165, 1.54) is 0 Å². The Bertz CT molecular complexity index is 679. The highest BCUT2D eigenvalue weighted by atomic mass is 79.9. The average Bonchev–Trinajstić information content (AvgIpc) is 2.43. The van der Waals surface area contributed by atoms with Crippen molar-refractivity contribution in [2.45, 2.75) is 6.92 Å². The number of amides is 1. The van der Waals surface area contributed by atoms with Crippen molar-refractivity contribution in [1.82, 2.24) is 0 Å². The molecular weight excluding hydrogens is 400 g/mol. The van der Waals surface area contributed by atoms with Gasteiger partial charge in [0, 0.05) is 8.95 Å². The molecule has 6 heteroatoms. The number of methoxy groups -OCH3 is 1. The maximum atomic E-state index is 12.4. The number of ether oxygens (including phenoxy) is 1. The molecule has 0 unspecified atom stereocenters. The molecule has 2 aromatic rings. The second kappa shape index (κ2) is 6.49. The number of carbonyl (C=O) groups excluding carboxylic acids is 1. The summed E-state index contributed by atoms with van der Waals surface area (Å²) in [6, 6.07) is 8.91. The summed E-state index contributed by atoms with van der Waals surface area (Å²) in [5.41, 5.74) is 8.51. The fraction of sp³-hybridized carbons (Fsp3) is 0.133. The van der Waals surface area contributed by atoms with Crippen LogP contribution in [-0.2, 0) is 0 Å². The zero-order valence-corrected chi connectivity index (χ0v) is 14.7. The van der Waals surface area contributed by atoms with Crippen LogP contribution in [0.15, 0.2) is 39.3 Å². The molecule has 0 radical (unpaired) electrons. The van der Waals surface area contributed by atoms with Crippen molar-refractivity contribution in [1.29, 1.82) is 0 Å². The first-order valence-electron chi connectivity index (χ1n) is 6.13.